The van der Waals surface area contributed by atoms with Gasteiger partial charge in [-0.2, -0.15) is 0 Å². The standard InChI is InChI=1S/C16H21N3O3S/c1-16(2,3)15-18-12(10-23-15)7-8-17-11-5-6-13(19(20)21)14(9-11)22-4/h5-6,9-10,17H,7-8H2,1-4H3. The van der Waals surface area contributed by atoms with Crippen molar-refractivity contribution in [2.75, 3.05) is 19.0 Å². The summed E-state index contributed by atoms with van der Waals surface area (Å²) in [6.07, 6.45) is 0.798. The van der Waals surface area contributed by atoms with E-state index in [0.717, 1.165) is 22.8 Å². The van der Waals surface area contributed by atoms with Crippen LogP contribution in [-0.4, -0.2) is 23.6 Å². The summed E-state index contributed by atoms with van der Waals surface area (Å²) in [6, 6.07) is 4.77. The second-order valence-corrected chi connectivity index (χ2v) is 7.07. The highest BCUT2D eigenvalue weighted by atomic mass is 32.1. The number of anilines is 1. The molecule has 6 nitrogen and oxygen atoms in total. The fourth-order valence-corrected chi connectivity index (χ4v) is 2.98. The molecule has 1 heterocycles. The second-order valence-electron chi connectivity index (χ2n) is 6.21. The van der Waals surface area contributed by atoms with Crippen molar-refractivity contribution in [2.24, 2.45) is 0 Å². The average Bonchev–Trinajstić information content (AvgIpc) is 2.96. The smallest absolute Gasteiger partial charge is 0.311 e. The van der Waals surface area contributed by atoms with Crippen LogP contribution >= 0.6 is 11.3 Å². The minimum Gasteiger partial charge on any atom is -0.490 e. The first kappa shape index (κ1) is 17.2. The number of methoxy groups -OCH3 is 1. The Labute approximate surface area is 139 Å². The lowest BCUT2D eigenvalue weighted by atomic mass is 9.98. The van der Waals surface area contributed by atoms with Crippen LogP contribution in [0.15, 0.2) is 23.6 Å². The molecular weight excluding hydrogens is 314 g/mol. The maximum Gasteiger partial charge on any atom is 0.311 e. The zero-order valence-corrected chi connectivity index (χ0v) is 14.6. The van der Waals surface area contributed by atoms with Crippen molar-refractivity contribution in [1.82, 2.24) is 4.98 Å². The summed E-state index contributed by atoms with van der Waals surface area (Å²) in [5.41, 5.74) is 1.88. The molecule has 124 valence electrons. The number of nitrogens with one attached hydrogen (secondary N) is 1. The Bertz CT molecular complexity index is 692. The van der Waals surface area contributed by atoms with Crippen molar-refractivity contribution in [3.05, 3.63) is 44.4 Å². The van der Waals surface area contributed by atoms with Crippen LogP contribution in [0.5, 0.6) is 5.75 Å². The maximum atomic E-state index is 10.9. The monoisotopic (exact) mass is 335 g/mol. The largest absolute Gasteiger partial charge is 0.490 e. The van der Waals surface area contributed by atoms with Crippen LogP contribution < -0.4 is 10.1 Å². The van der Waals surface area contributed by atoms with Gasteiger partial charge in [0.2, 0.25) is 0 Å². The van der Waals surface area contributed by atoms with Crippen molar-refractivity contribution in [3.8, 4) is 5.75 Å². The van der Waals surface area contributed by atoms with Gasteiger partial charge >= 0.3 is 5.69 Å². The van der Waals surface area contributed by atoms with Crippen LogP contribution in [0.1, 0.15) is 31.5 Å². The molecule has 7 heteroatoms. The first-order chi connectivity index (χ1) is 10.8. The van der Waals surface area contributed by atoms with E-state index in [1.807, 2.05) is 0 Å². The minimum absolute atomic E-state index is 0.0348. The van der Waals surface area contributed by atoms with Crippen molar-refractivity contribution >= 4 is 22.7 Å². The molecule has 0 radical (unpaired) electrons. The van der Waals surface area contributed by atoms with Crippen LogP contribution in [0, 0.1) is 10.1 Å². The Kier molecular flexibility index (Phi) is 5.20. The highest BCUT2D eigenvalue weighted by molar-refractivity contribution is 7.09. The van der Waals surface area contributed by atoms with Crippen LogP contribution in [0.25, 0.3) is 0 Å². The van der Waals surface area contributed by atoms with Crippen LogP contribution in [0.2, 0.25) is 0 Å². The minimum atomic E-state index is -0.452. The average molecular weight is 335 g/mol. The Balaban J connectivity index is 1.96. The molecule has 0 aliphatic heterocycles. The van der Waals surface area contributed by atoms with Gasteiger partial charge in [-0.15, -0.1) is 11.3 Å². The molecule has 1 aromatic carbocycles. The molecule has 0 unspecified atom stereocenters. The molecule has 0 saturated carbocycles. The van der Waals surface area contributed by atoms with E-state index in [1.54, 1.807) is 23.5 Å². The lowest BCUT2D eigenvalue weighted by molar-refractivity contribution is -0.385. The molecule has 1 aromatic heterocycles. The number of aromatic nitrogens is 1. The van der Waals surface area contributed by atoms with Crippen molar-refractivity contribution < 1.29 is 9.66 Å². The number of nitrogens with zero attached hydrogens (tertiary/aromatic N) is 2. The summed E-state index contributed by atoms with van der Waals surface area (Å²) < 4.78 is 5.06. The van der Waals surface area contributed by atoms with Crippen molar-refractivity contribution in [3.63, 3.8) is 0 Å². The zero-order valence-electron chi connectivity index (χ0n) is 13.8. The van der Waals surface area contributed by atoms with Gasteiger partial charge in [-0.25, -0.2) is 4.98 Å². The Morgan fingerprint density at radius 1 is 1.39 bits per heavy atom. The van der Waals surface area contributed by atoms with Gasteiger partial charge in [0.1, 0.15) is 0 Å². The van der Waals surface area contributed by atoms with Gasteiger partial charge in [-0.3, -0.25) is 10.1 Å². The quantitative estimate of drug-likeness (QED) is 0.637. The topological polar surface area (TPSA) is 77.3 Å². The van der Waals surface area contributed by atoms with Crippen LogP contribution in [-0.2, 0) is 11.8 Å². The summed E-state index contributed by atoms with van der Waals surface area (Å²) in [5.74, 6) is 0.253. The number of nitro groups is 1. The Hall–Kier alpha value is -2.15. The molecule has 0 bridgehead atoms. The molecule has 0 fully saturated rings. The van der Waals surface area contributed by atoms with Gasteiger partial charge in [0.25, 0.3) is 0 Å². The van der Waals surface area contributed by atoms with Crippen LogP contribution in [0.4, 0.5) is 11.4 Å². The second kappa shape index (κ2) is 6.95. The van der Waals surface area contributed by atoms with Crippen molar-refractivity contribution in [2.45, 2.75) is 32.6 Å². The number of ether oxygens (including phenoxy) is 1. The third kappa shape index (κ3) is 4.41. The van der Waals surface area contributed by atoms with E-state index in [2.05, 4.69) is 36.5 Å². The maximum absolute atomic E-state index is 10.9. The predicted molar refractivity (Wildman–Crippen MR) is 92.7 cm³/mol. The summed E-state index contributed by atoms with van der Waals surface area (Å²) in [7, 11) is 1.43. The third-order valence-electron chi connectivity index (χ3n) is 3.28. The first-order valence-corrected chi connectivity index (χ1v) is 8.20. The number of nitro benzene ring substituents is 1. The molecule has 1 N–H and O–H groups in total. The van der Waals surface area contributed by atoms with E-state index >= 15 is 0 Å². The lowest BCUT2D eigenvalue weighted by Crippen LogP contribution is -2.11. The molecule has 0 amide bonds. The SMILES string of the molecule is COc1cc(NCCc2csc(C(C)(C)C)n2)ccc1[N+](=O)[O-]. The number of benzene rings is 1. The summed E-state index contributed by atoms with van der Waals surface area (Å²) >= 11 is 1.68. The highest BCUT2D eigenvalue weighted by Gasteiger charge is 2.18. The molecule has 0 aliphatic rings. The molecule has 23 heavy (non-hydrogen) atoms. The van der Waals surface area contributed by atoms with Gasteiger partial charge in [0, 0.05) is 41.6 Å². The molecule has 2 rings (SSSR count). The third-order valence-corrected chi connectivity index (χ3v) is 4.60. The Morgan fingerprint density at radius 2 is 2.13 bits per heavy atom. The van der Waals surface area contributed by atoms with Gasteiger partial charge in [-0.05, 0) is 6.07 Å². The van der Waals surface area contributed by atoms with E-state index in [0.29, 0.717) is 6.54 Å². The molecular formula is C16H21N3O3S. The van der Waals surface area contributed by atoms with Gasteiger partial charge in [0.05, 0.1) is 22.7 Å². The van der Waals surface area contributed by atoms with Gasteiger partial charge < -0.3 is 10.1 Å². The fourth-order valence-electron chi connectivity index (χ4n) is 2.04. The van der Waals surface area contributed by atoms with Crippen LogP contribution in [0.3, 0.4) is 0 Å². The fraction of sp³-hybridized carbons (Fsp3) is 0.438. The lowest BCUT2D eigenvalue weighted by Gasteiger charge is -2.13. The van der Waals surface area contributed by atoms with E-state index in [1.165, 1.54) is 13.2 Å². The van der Waals surface area contributed by atoms with E-state index < -0.39 is 4.92 Å². The summed E-state index contributed by atoms with van der Waals surface area (Å²) in [4.78, 5) is 15.1. The zero-order chi connectivity index (χ0) is 17.0. The Morgan fingerprint density at radius 3 is 2.70 bits per heavy atom. The molecule has 0 aliphatic carbocycles. The number of rotatable bonds is 6. The number of hydrogen-bond donors (Lipinski definition) is 1. The van der Waals surface area contributed by atoms with Gasteiger partial charge in [-0.1, -0.05) is 20.8 Å². The normalized spacial score (nSPS) is 11.3. The summed E-state index contributed by atoms with van der Waals surface area (Å²) in [5, 5.41) is 17.3. The first-order valence-electron chi connectivity index (χ1n) is 7.32. The van der Waals surface area contributed by atoms with E-state index in [9.17, 15) is 10.1 Å². The molecule has 0 spiro atoms. The number of hydrogen-bond acceptors (Lipinski definition) is 6. The van der Waals surface area contributed by atoms with E-state index in [4.69, 9.17) is 4.74 Å². The highest BCUT2D eigenvalue weighted by Crippen LogP contribution is 2.30. The molecule has 0 atom stereocenters. The molecule has 0 saturated heterocycles. The van der Waals surface area contributed by atoms with Crippen molar-refractivity contribution in [1.29, 1.82) is 0 Å². The van der Waals surface area contributed by atoms with Gasteiger partial charge in [0.15, 0.2) is 5.75 Å². The van der Waals surface area contributed by atoms with E-state index in [-0.39, 0.29) is 16.9 Å². The predicted octanol–water partition coefficient (Wildman–Crippen LogP) is 4.01. The number of thiazole rings is 1. The molecule has 2 aromatic rings. The summed E-state index contributed by atoms with van der Waals surface area (Å²) in [6.45, 7) is 7.15.